The summed E-state index contributed by atoms with van der Waals surface area (Å²) in [6.07, 6.45) is 1.02. The molecule has 0 N–H and O–H groups in total. The number of hydrogen-bond donors (Lipinski definition) is 0. The van der Waals surface area contributed by atoms with Gasteiger partial charge in [-0.15, -0.1) is 0 Å². The summed E-state index contributed by atoms with van der Waals surface area (Å²) in [6, 6.07) is 10.5. The maximum absolute atomic E-state index is 9.37. The average molecular weight is 601 g/mol. The molecule has 1 aliphatic rings. The van der Waals surface area contributed by atoms with Gasteiger partial charge in [0.25, 0.3) is 0 Å². The molecule has 0 aromatic rings. The van der Waals surface area contributed by atoms with Crippen molar-refractivity contribution in [3.05, 3.63) is 0 Å². The van der Waals surface area contributed by atoms with Gasteiger partial charge in [0, 0.05) is 49.9 Å². The van der Waals surface area contributed by atoms with Gasteiger partial charge in [0.05, 0.1) is 24.3 Å². The molecular formula is C20H40N4O6Si6. The molecule has 0 amide bonds. The van der Waals surface area contributed by atoms with Gasteiger partial charge in [-0.25, -0.2) is 0 Å². The third-order valence-corrected chi connectivity index (χ3v) is 31.8. The van der Waals surface area contributed by atoms with Crippen molar-refractivity contribution in [3.63, 3.8) is 0 Å². The third-order valence-electron chi connectivity index (χ3n) is 5.47. The lowest BCUT2D eigenvalue weighted by molar-refractivity contribution is 0.229. The predicted octanol–water partition coefficient (Wildman–Crippen LogP) is 5.45. The summed E-state index contributed by atoms with van der Waals surface area (Å²) in [5, 5.41) is 37.4. The molecular weight excluding hydrogens is 561 g/mol. The van der Waals surface area contributed by atoms with Gasteiger partial charge in [0.1, 0.15) is 0 Å². The molecule has 36 heavy (non-hydrogen) atoms. The van der Waals surface area contributed by atoms with Crippen molar-refractivity contribution in [3.8, 4) is 24.3 Å². The first kappa shape index (κ1) is 33.0. The molecule has 1 fully saturated rings. The molecule has 1 aliphatic heterocycles. The van der Waals surface area contributed by atoms with Gasteiger partial charge in [-0.2, -0.15) is 21.0 Å². The lowest BCUT2D eigenvalue weighted by Crippen LogP contribution is -2.66. The van der Waals surface area contributed by atoms with Crippen molar-refractivity contribution < 1.29 is 24.7 Å². The minimum Gasteiger partial charge on any atom is -0.416 e. The van der Waals surface area contributed by atoms with Crippen LogP contribution in [0.3, 0.4) is 0 Å². The van der Waals surface area contributed by atoms with E-state index in [1.165, 1.54) is 0 Å². The Hall–Kier alpha value is -0.979. The maximum Gasteiger partial charge on any atom is 0.318 e. The Bertz CT molecular complexity index is 862. The standard InChI is InChI=1S/C20H40N4O6Si6/c1-31(2)25-32(3,4)27-34(6,18-10-14-22)29-36(8,20-12-16-24)30-35(7,19-11-15-23)28-33(5,26-31)17-9-13-21/h9-12,17-20H2,1-8H3. The molecule has 1 saturated heterocycles. The lowest BCUT2D eigenvalue weighted by atomic mass is 10.6. The van der Waals surface area contributed by atoms with Crippen molar-refractivity contribution in [1.82, 2.24) is 0 Å². The highest BCUT2D eigenvalue weighted by Gasteiger charge is 2.55. The highest BCUT2D eigenvalue weighted by Crippen LogP contribution is 2.37. The van der Waals surface area contributed by atoms with Crippen molar-refractivity contribution in [2.45, 2.75) is 102 Å². The van der Waals surface area contributed by atoms with E-state index in [9.17, 15) is 21.0 Å². The lowest BCUT2D eigenvalue weighted by Gasteiger charge is -2.49. The Labute approximate surface area is 223 Å². The second-order valence-electron chi connectivity index (χ2n) is 10.6. The van der Waals surface area contributed by atoms with E-state index in [4.69, 9.17) is 24.7 Å². The summed E-state index contributed by atoms with van der Waals surface area (Å²) in [6.45, 7) is 15.5. The van der Waals surface area contributed by atoms with Crippen LogP contribution < -0.4 is 0 Å². The Balaban J connectivity index is 3.70. The highest BCUT2D eigenvalue weighted by molar-refractivity contribution is 6.94. The predicted molar refractivity (Wildman–Crippen MR) is 148 cm³/mol. The maximum atomic E-state index is 9.37. The van der Waals surface area contributed by atoms with Gasteiger partial charge in [0.2, 0.25) is 0 Å². The summed E-state index contributed by atoms with van der Waals surface area (Å²) in [4.78, 5) is 0. The highest BCUT2D eigenvalue weighted by atomic mass is 28.5. The van der Waals surface area contributed by atoms with Gasteiger partial charge in [-0.05, 0) is 52.4 Å². The van der Waals surface area contributed by atoms with Crippen LogP contribution in [0.4, 0.5) is 0 Å². The molecule has 0 aromatic heterocycles. The molecule has 200 valence electrons. The zero-order valence-corrected chi connectivity index (χ0v) is 28.9. The number of nitrogens with zero attached hydrogens (tertiary/aromatic N) is 4. The number of nitriles is 4. The first-order chi connectivity index (χ1) is 16.5. The molecule has 0 radical (unpaired) electrons. The van der Waals surface area contributed by atoms with Crippen LogP contribution in [0.1, 0.15) is 25.7 Å². The monoisotopic (exact) mass is 600 g/mol. The molecule has 4 unspecified atom stereocenters. The molecule has 1 heterocycles. The Morgan fingerprint density at radius 3 is 0.833 bits per heavy atom. The van der Waals surface area contributed by atoms with E-state index >= 15 is 0 Å². The van der Waals surface area contributed by atoms with Crippen LogP contribution >= 0.6 is 0 Å². The molecule has 4 atom stereocenters. The van der Waals surface area contributed by atoms with Gasteiger partial charge in [-0.3, -0.25) is 0 Å². The summed E-state index contributed by atoms with van der Waals surface area (Å²) in [5.74, 6) is 0. The van der Waals surface area contributed by atoms with E-state index in [1.807, 2.05) is 52.4 Å². The van der Waals surface area contributed by atoms with Crippen LogP contribution in [0.15, 0.2) is 0 Å². The summed E-state index contributed by atoms with van der Waals surface area (Å²) >= 11 is 0. The van der Waals surface area contributed by atoms with E-state index in [0.29, 0.717) is 24.2 Å². The second kappa shape index (κ2) is 13.2. The van der Waals surface area contributed by atoms with Crippen molar-refractivity contribution in [2.75, 3.05) is 0 Å². The third kappa shape index (κ3) is 11.2. The number of hydrogen-bond acceptors (Lipinski definition) is 10. The number of rotatable bonds is 8. The van der Waals surface area contributed by atoms with E-state index < -0.39 is 51.4 Å². The Morgan fingerprint density at radius 2 is 0.611 bits per heavy atom. The molecule has 0 aromatic carbocycles. The zero-order chi connectivity index (χ0) is 27.7. The fourth-order valence-electron chi connectivity index (χ4n) is 4.67. The van der Waals surface area contributed by atoms with E-state index in [0.717, 1.165) is 0 Å². The molecule has 10 nitrogen and oxygen atoms in total. The fraction of sp³-hybridized carbons (Fsp3) is 0.800. The van der Waals surface area contributed by atoms with E-state index in [-0.39, 0.29) is 25.7 Å². The van der Waals surface area contributed by atoms with Gasteiger partial charge in [0.15, 0.2) is 0 Å². The smallest absolute Gasteiger partial charge is 0.318 e. The molecule has 0 aliphatic carbocycles. The second-order valence-corrected chi connectivity index (χ2v) is 32.1. The quantitative estimate of drug-likeness (QED) is 0.329. The molecule has 0 spiro atoms. The van der Waals surface area contributed by atoms with E-state index in [1.54, 1.807) is 0 Å². The largest absolute Gasteiger partial charge is 0.416 e. The zero-order valence-electron chi connectivity index (χ0n) is 22.9. The molecule has 16 heteroatoms. The SMILES string of the molecule is C[Si]1(C)O[Si](C)(C)O[Si](C)(CCC#N)O[Si](C)(CCC#N)O[Si](C)(CCC#N)O[Si](C)(CCC#N)O1. The summed E-state index contributed by atoms with van der Waals surface area (Å²) in [7, 11) is -17.7. The minimum absolute atomic E-state index is 0.241. The van der Waals surface area contributed by atoms with Crippen molar-refractivity contribution in [1.29, 1.82) is 21.0 Å². The summed E-state index contributed by atoms with van der Waals surface area (Å²) in [5.41, 5.74) is 0. The van der Waals surface area contributed by atoms with Crippen LogP contribution in [0.5, 0.6) is 0 Å². The van der Waals surface area contributed by atoms with Gasteiger partial charge < -0.3 is 24.7 Å². The fourth-order valence-corrected chi connectivity index (χ4v) is 37.5. The van der Waals surface area contributed by atoms with E-state index in [2.05, 4.69) is 24.3 Å². The normalized spacial score (nSPS) is 34.6. The first-order valence-electron chi connectivity index (χ1n) is 12.2. The van der Waals surface area contributed by atoms with Crippen LogP contribution in [0.25, 0.3) is 0 Å². The van der Waals surface area contributed by atoms with Crippen LogP contribution in [-0.2, 0) is 24.7 Å². The van der Waals surface area contributed by atoms with Crippen LogP contribution in [-0.4, -0.2) is 51.4 Å². The minimum atomic E-state index is -3.08. The molecule has 1 rings (SSSR count). The average Bonchev–Trinajstić information content (AvgIpc) is 2.70. The Kier molecular flexibility index (Phi) is 12.1. The Morgan fingerprint density at radius 1 is 0.389 bits per heavy atom. The molecule has 0 saturated carbocycles. The first-order valence-corrected chi connectivity index (χ1v) is 27.9. The van der Waals surface area contributed by atoms with Crippen LogP contribution in [0, 0.1) is 45.3 Å². The molecule has 0 bridgehead atoms. The summed E-state index contributed by atoms with van der Waals surface area (Å²) < 4.78 is 40.5. The van der Waals surface area contributed by atoms with Crippen molar-refractivity contribution >= 4 is 51.4 Å². The topological polar surface area (TPSA) is 151 Å². The van der Waals surface area contributed by atoms with Gasteiger partial charge >= 0.3 is 51.4 Å². The van der Waals surface area contributed by atoms with Crippen molar-refractivity contribution in [2.24, 2.45) is 0 Å². The van der Waals surface area contributed by atoms with Crippen LogP contribution in [0.2, 0.25) is 76.6 Å². The van der Waals surface area contributed by atoms with Gasteiger partial charge in [-0.1, -0.05) is 0 Å².